The van der Waals surface area contributed by atoms with Crippen molar-refractivity contribution < 1.29 is 5.11 Å². The van der Waals surface area contributed by atoms with E-state index in [9.17, 15) is 5.11 Å². The van der Waals surface area contributed by atoms with Gasteiger partial charge in [0, 0.05) is 18.5 Å². The summed E-state index contributed by atoms with van der Waals surface area (Å²) >= 11 is 0. The number of nitrogens with zero attached hydrogens (tertiary/aromatic N) is 1. The van der Waals surface area contributed by atoms with E-state index in [4.69, 9.17) is 5.73 Å². The highest BCUT2D eigenvalue weighted by molar-refractivity contribution is 5.85. The summed E-state index contributed by atoms with van der Waals surface area (Å²) in [5, 5.41) is 10.5. The lowest BCUT2D eigenvalue weighted by atomic mass is 9.73. The number of unbranched alkanes of at least 4 members (excludes halogenated alkanes) is 9. The molecule has 3 N–H and O–H groups in total. The smallest absolute Gasteiger partial charge is 0.0667 e. The monoisotopic (exact) mass is 474 g/mol. The van der Waals surface area contributed by atoms with E-state index in [1.807, 2.05) is 0 Å². The zero-order chi connectivity index (χ0) is 20.8. The standard InChI is InChI=1S/C26H46N2O.2ClH/c1-2-3-4-5-6-7-8-9-10-14-17-25(29)22-28-20-18-26(23-27,19-21-28)24-15-12-11-13-16-24;;/h11-13,15-16,25,29H,2-10,14,17-23,27H2,1H3;2*1H/t25-;;/m0../s1. The van der Waals surface area contributed by atoms with Gasteiger partial charge in [0.15, 0.2) is 0 Å². The fraction of sp³-hybridized carbons (Fsp3) is 0.769. The van der Waals surface area contributed by atoms with Gasteiger partial charge in [-0.1, -0.05) is 101 Å². The number of hydrogen-bond donors (Lipinski definition) is 2. The molecule has 1 fully saturated rings. The number of nitrogens with two attached hydrogens (primary N) is 1. The van der Waals surface area contributed by atoms with Crippen LogP contribution in [-0.4, -0.2) is 42.3 Å². The molecule has 182 valence electrons. The second kappa shape index (κ2) is 18.1. The quantitative estimate of drug-likeness (QED) is 0.285. The Morgan fingerprint density at radius 2 is 1.39 bits per heavy atom. The molecule has 1 aliphatic rings. The Kier molecular flexibility index (Phi) is 18.0. The maximum absolute atomic E-state index is 10.5. The normalized spacial score (nSPS) is 16.9. The van der Waals surface area contributed by atoms with Crippen molar-refractivity contribution in [2.75, 3.05) is 26.2 Å². The molecule has 5 heteroatoms. The van der Waals surface area contributed by atoms with Gasteiger partial charge in [0.05, 0.1) is 6.10 Å². The van der Waals surface area contributed by atoms with E-state index in [0.717, 1.165) is 38.9 Å². The van der Waals surface area contributed by atoms with E-state index < -0.39 is 0 Å². The topological polar surface area (TPSA) is 49.5 Å². The third kappa shape index (κ3) is 11.4. The van der Waals surface area contributed by atoms with Crippen molar-refractivity contribution >= 4 is 24.8 Å². The fourth-order valence-electron chi connectivity index (χ4n) is 4.82. The van der Waals surface area contributed by atoms with Gasteiger partial charge in [-0.2, -0.15) is 0 Å². The summed E-state index contributed by atoms with van der Waals surface area (Å²) in [7, 11) is 0. The molecule has 2 rings (SSSR count). The average molecular weight is 476 g/mol. The van der Waals surface area contributed by atoms with Crippen LogP contribution in [0.25, 0.3) is 0 Å². The molecule has 0 bridgehead atoms. The first-order valence-electron chi connectivity index (χ1n) is 12.4. The first-order chi connectivity index (χ1) is 14.2. The number of benzene rings is 1. The number of piperidine rings is 1. The van der Waals surface area contributed by atoms with Crippen LogP contribution in [0.3, 0.4) is 0 Å². The lowest BCUT2D eigenvalue weighted by Gasteiger charge is -2.42. The van der Waals surface area contributed by atoms with Crippen molar-refractivity contribution in [3.63, 3.8) is 0 Å². The minimum atomic E-state index is -0.175. The summed E-state index contributed by atoms with van der Waals surface area (Å²) in [5.74, 6) is 0. The van der Waals surface area contributed by atoms with Crippen molar-refractivity contribution in [3.05, 3.63) is 35.9 Å². The Morgan fingerprint density at radius 3 is 1.90 bits per heavy atom. The summed E-state index contributed by atoms with van der Waals surface area (Å²) < 4.78 is 0. The van der Waals surface area contributed by atoms with Crippen molar-refractivity contribution in [1.82, 2.24) is 4.90 Å². The summed E-state index contributed by atoms with van der Waals surface area (Å²) in [4.78, 5) is 2.44. The Labute approximate surface area is 204 Å². The molecular formula is C26H48Cl2N2O. The summed E-state index contributed by atoms with van der Waals surface area (Å²) in [6, 6.07) is 10.8. The number of aliphatic hydroxyl groups is 1. The van der Waals surface area contributed by atoms with Gasteiger partial charge in [-0.25, -0.2) is 0 Å². The van der Waals surface area contributed by atoms with E-state index in [0.29, 0.717) is 6.54 Å². The predicted molar refractivity (Wildman–Crippen MR) is 140 cm³/mol. The minimum Gasteiger partial charge on any atom is -0.392 e. The van der Waals surface area contributed by atoms with Crippen LogP contribution >= 0.6 is 24.8 Å². The van der Waals surface area contributed by atoms with Gasteiger partial charge in [-0.15, -0.1) is 24.8 Å². The Hall–Kier alpha value is -0.320. The lowest BCUT2D eigenvalue weighted by Crippen LogP contribution is -2.48. The van der Waals surface area contributed by atoms with Gasteiger partial charge >= 0.3 is 0 Å². The SMILES string of the molecule is CCCCCCCCCCCC[C@H](O)CN1CCC(CN)(c2ccccc2)CC1.Cl.Cl. The molecule has 1 atom stereocenters. The summed E-state index contributed by atoms with van der Waals surface area (Å²) in [6.07, 6.45) is 16.5. The summed E-state index contributed by atoms with van der Waals surface area (Å²) in [6.45, 7) is 5.90. The Balaban J connectivity index is 0.00000450. The van der Waals surface area contributed by atoms with Crippen LogP contribution in [0.15, 0.2) is 30.3 Å². The third-order valence-corrected chi connectivity index (χ3v) is 6.95. The van der Waals surface area contributed by atoms with Crippen LogP contribution in [0.1, 0.15) is 96.0 Å². The molecule has 1 heterocycles. The van der Waals surface area contributed by atoms with Crippen molar-refractivity contribution in [1.29, 1.82) is 0 Å². The second-order valence-corrected chi connectivity index (χ2v) is 9.28. The molecular weight excluding hydrogens is 427 g/mol. The molecule has 0 aliphatic carbocycles. The number of likely N-dealkylation sites (tertiary alicyclic amines) is 1. The zero-order valence-electron chi connectivity index (χ0n) is 19.8. The maximum Gasteiger partial charge on any atom is 0.0667 e. The lowest BCUT2D eigenvalue weighted by molar-refractivity contribution is 0.0760. The van der Waals surface area contributed by atoms with Crippen LogP contribution in [0.4, 0.5) is 0 Å². The highest BCUT2D eigenvalue weighted by Crippen LogP contribution is 2.34. The van der Waals surface area contributed by atoms with E-state index >= 15 is 0 Å². The van der Waals surface area contributed by atoms with E-state index in [1.54, 1.807) is 0 Å². The van der Waals surface area contributed by atoms with Gasteiger partial charge in [-0.3, -0.25) is 0 Å². The molecule has 0 spiro atoms. The molecule has 0 saturated carbocycles. The number of halogens is 2. The molecule has 1 aromatic carbocycles. The summed E-state index contributed by atoms with van der Waals surface area (Å²) in [5.41, 5.74) is 7.70. The van der Waals surface area contributed by atoms with Gasteiger partial charge in [0.1, 0.15) is 0 Å². The molecule has 0 aromatic heterocycles. The van der Waals surface area contributed by atoms with Crippen molar-refractivity contribution in [3.8, 4) is 0 Å². The van der Waals surface area contributed by atoms with Crippen molar-refractivity contribution in [2.45, 2.75) is 102 Å². The van der Waals surface area contributed by atoms with Gasteiger partial charge in [0.25, 0.3) is 0 Å². The zero-order valence-corrected chi connectivity index (χ0v) is 21.4. The average Bonchev–Trinajstić information content (AvgIpc) is 2.76. The number of rotatable bonds is 15. The fourth-order valence-corrected chi connectivity index (χ4v) is 4.82. The highest BCUT2D eigenvalue weighted by Gasteiger charge is 2.35. The molecule has 1 aliphatic heterocycles. The molecule has 1 aromatic rings. The molecule has 1 saturated heterocycles. The maximum atomic E-state index is 10.5. The predicted octanol–water partition coefficient (Wildman–Crippen LogP) is 6.49. The van der Waals surface area contributed by atoms with Crippen LogP contribution in [0, 0.1) is 0 Å². The van der Waals surface area contributed by atoms with Crippen LogP contribution in [-0.2, 0) is 5.41 Å². The van der Waals surface area contributed by atoms with Gasteiger partial charge in [-0.05, 0) is 37.9 Å². The van der Waals surface area contributed by atoms with Crippen LogP contribution in [0.5, 0.6) is 0 Å². The van der Waals surface area contributed by atoms with E-state index in [1.165, 1.54) is 69.8 Å². The van der Waals surface area contributed by atoms with E-state index in [-0.39, 0.29) is 36.3 Å². The minimum absolute atomic E-state index is 0. The second-order valence-electron chi connectivity index (χ2n) is 9.28. The van der Waals surface area contributed by atoms with Gasteiger partial charge < -0.3 is 15.7 Å². The Morgan fingerprint density at radius 1 is 0.871 bits per heavy atom. The molecule has 0 amide bonds. The first kappa shape index (κ1) is 30.7. The molecule has 0 radical (unpaired) electrons. The Bertz CT molecular complexity index is 521. The van der Waals surface area contributed by atoms with E-state index in [2.05, 4.69) is 42.2 Å². The van der Waals surface area contributed by atoms with Crippen LogP contribution < -0.4 is 5.73 Å². The molecule has 3 nitrogen and oxygen atoms in total. The molecule has 31 heavy (non-hydrogen) atoms. The number of hydrogen-bond acceptors (Lipinski definition) is 3. The third-order valence-electron chi connectivity index (χ3n) is 6.95. The largest absolute Gasteiger partial charge is 0.392 e. The van der Waals surface area contributed by atoms with Crippen molar-refractivity contribution in [2.24, 2.45) is 5.73 Å². The first-order valence-corrected chi connectivity index (χ1v) is 12.4. The highest BCUT2D eigenvalue weighted by atomic mass is 35.5. The number of aliphatic hydroxyl groups excluding tert-OH is 1. The number of β-amino-alcohol motifs (C(OH)–C–C–N with tert-alkyl or cyclic N) is 1. The van der Waals surface area contributed by atoms with Crippen LogP contribution in [0.2, 0.25) is 0 Å². The molecule has 0 unspecified atom stereocenters. The van der Waals surface area contributed by atoms with Gasteiger partial charge in [0.2, 0.25) is 0 Å².